The number of aryl methyl sites for hydroxylation is 1. The van der Waals surface area contributed by atoms with E-state index in [9.17, 15) is 14.7 Å². The second-order valence-corrected chi connectivity index (χ2v) is 9.94. The second kappa shape index (κ2) is 8.16. The molecule has 4 aromatic rings. The normalized spacial score (nSPS) is 16.1. The van der Waals surface area contributed by atoms with Crippen LogP contribution in [0.5, 0.6) is 11.5 Å². The van der Waals surface area contributed by atoms with Crippen molar-refractivity contribution in [2.24, 2.45) is 0 Å². The molecule has 9 heteroatoms. The van der Waals surface area contributed by atoms with Crippen LogP contribution in [-0.2, 0) is 0 Å². The predicted molar refractivity (Wildman–Crippen MR) is 126 cm³/mol. The summed E-state index contributed by atoms with van der Waals surface area (Å²) in [5.41, 5.74) is 1.37. The number of hydrogen-bond acceptors (Lipinski definition) is 7. The first-order chi connectivity index (χ1) is 15.5. The number of carbonyl (C=O) groups is 2. The summed E-state index contributed by atoms with van der Waals surface area (Å²) >= 11 is 2.87. The summed E-state index contributed by atoms with van der Waals surface area (Å²) in [5, 5.41) is 13.6. The van der Waals surface area contributed by atoms with Crippen LogP contribution in [0.2, 0.25) is 0 Å². The number of benzene rings is 1. The van der Waals surface area contributed by atoms with Gasteiger partial charge in [-0.1, -0.05) is 0 Å². The van der Waals surface area contributed by atoms with E-state index in [0.29, 0.717) is 40.4 Å². The average Bonchev–Trinajstić information content (AvgIpc) is 3.49. The molecule has 0 radical (unpaired) electrons. The number of nitrogens with zero attached hydrogens (tertiary/aromatic N) is 2. The maximum Gasteiger partial charge on any atom is 0.266 e. The van der Waals surface area contributed by atoms with E-state index < -0.39 is 6.23 Å². The van der Waals surface area contributed by atoms with Crippen LogP contribution in [0.25, 0.3) is 20.3 Å². The Hall–Kier alpha value is -3.01. The lowest BCUT2D eigenvalue weighted by molar-refractivity contribution is 0.0297. The second-order valence-electron chi connectivity index (χ2n) is 7.63. The van der Waals surface area contributed by atoms with E-state index in [2.05, 4.69) is 10.3 Å². The van der Waals surface area contributed by atoms with Gasteiger partial charge in [-0.25, -0.2) is 0 Å². The highest BCUT2D eigenvalue weighted by atomic mass is 32.1. The number of thiophene rings is 2. The SMILES string of the molecule is CNC(=O)c1c(C)sc2cc(Oc3ccnc4cc(C(=O)N5CCC[C@H]5O)sc34)ccc12. The summed E-state index contributed by atoms with van der Waals surface area (Å²) in [6, 6.07) is 9.19. The Morgan fingerprint density at radius 1 is 1.25 bits per heavy atom. The van der Waals surface area contributed by atoms with Crippen LogP contribution >= 0.6 is 22.7 Å². The molecule has 0 aliphatic carbocycles. The quantitative estimate of drug-likeness (QED) is 0.460. The summed E-state index contributed by atoms with van der Waals surface area (Å²) in [5.74, 6) is 0.976. The molecule has 1 aromatic carbocycles. The van der Waals surface area contributed by atoms with Crippen molar-refractivity contribution < 1.29 is 19.4 Å². The number of amides is 2. The highest BCUT2D eigenvalue weighted by molar-refractivity contribution is 7.21. The highest BCUT2D eigenvalue weighted by Gasteiger charge is 2.29. The van der Waals surface area contributed by atoms with Crippen LogP contribution in [0, 0.1) is 6.92 Å². The minimum Gasteiger partial charge on any atom is -0.456 e. The van der Waals surface area contributed by atoms with Crippen molar-refractivity contribution in [3.8, 4) is 11.5 Å². The predicted octanol–water partition coefficient (Wildman–Crippen LogP) is 4.53. The third-order valence-electron chi connectivity index (χ3n) is 5.59. The molecule has 164 valence electrons. The largest absolute Gasteiger partial charge is 0.456 e. The number of aliphatic hydroxyl groups is 1. The lowest BCUT2D eigenvalue weighted by Crippen LogP contribution is -2.34. The van der Waals surface area contributed by atoms with E-state index in [1.54, 1.807) is 36.7 Å². The summed E-state index contributed by atoms with van der Waals surface area (Å²) in [6.07, 6.45) is 2.34. The van der Waals surface area contributed by atoms with Crippen molar-refractivity contribution in [2.45, 2.75) is 26.0 Å². The number of fused-ring (bicyclic) bond motifs is 2. The lowest BCUT2D eigenvalue weighted by Gasteiger charge is -2.18. The molecule has 0 unspecified atom stereocenters. The van der Waals surface area contributed by atoms with Crippen LogP contribution in [0.3, 0.4) is 0 Å². The zero-order valence-electron chi connectivity index (χ0n) is 17.5. The first-order valence-electron chi connectivity index (χ1n) is 10.3. The van der Waals surface area contributed by atoms with Gasteiger partial charge in [0.15, 0.2) is 0 Å². The number of carbonyl (C=O) groups excluding carboxylic acids is 2. The molecular formula is C23H21N3O4S2. The van der Waals surface area contributed by atoms with Crippen LogP contribution in [0.1, 0.15) is 37.7 Å². The van der Waals surface area contributed by atoms with Crippen molar-refractivity contribution in [1.82, 2.24) is 15.2 Å². The van der Waals surface area contributed by atoms with E-state index in [1.807, 2.05) is 25.1 Å². The fraction of sp³-hybridized carbons (Fsp3) is 0.261. The Balaban J connectivity index is 1.47. The highest BCUT2D eigenvalue weighted by Crippen LogP contribution is 2.38. The third-order valence-corrected chi connectivity index (χ3v) is 7.78. The average molecular weight is 468 g/mol. The third kappa shape index (κ3) is 3.52. The first-order valence-corrected chi connectivity index (χ1v) is 11.9. The Bertz CT molecular complexity index is 1360. The number of aliphatic hydroxyl groups excluding tert-OH is 1. The number of pyridine rings is 1. The molecule has 0 saturated carbocycles. The van der Waals surface area contributed by atoms with Gasteiger partial charge in [-0.15, -0.1) is 22.7 Å². The molecule has 1 fully saturated rings. The summed E-state index contributed by atoms with van der Waals surface area (Å²) in [7, 11) is 1.63. The molecule has 1 atom stereocenters. The number of rotatable bonds is 4. The molecule has 2 N–H and O–H groups in total. The van der Waals surface area contributed by atoms with Crippen LogP contribution in [-0.4, -0.2) is 46.6 Å². The molecule has 1 aliphatic heterocycles. The van der Waals surface area contributed by atoms with Gasteiger partial charge in [-0.3, -0.25) is 14.6 Å². The van der Waals surface area contributed by atoms with Crippen LogP contribution in [0.4, 0.5) is 0 Å². The van der Waals surface area contributed by atoms with Crippen molar-refractivity contribution in [3.05, 3.63) is 51.8 Å². The number of aromatic nitrogens is 1. The fourth-order valence-corrected chi connectivity index (χ4v) is 6.14. The Labute approximate surface area is 192 Å². The number of hydrogen-bond donors (Lipinski definition) is 2. The van der Waals surface area contributed by atoms with Gasteiger partial charge in [0.1, 0.15) is 17.7 Å². The molecular weight excluding hydrogens is 446 g/mol. The molecule has 2 amide bonds. The van der Waals surface area contributed by atoms with E-state index in [-0.39, 0.29) is 11.8 Å². The van der Waals surface area contributed by atoms with Gasteiger partial charge in [0, 0.05) is 40.8 Å². The monoisotopic (exact) mass is 467 g/mol. The van der Waals surface area contributed by atoms with Crippen molar-refractivity contribution in [1.29, 1.82) is 0 Å². The van der Waals surface area contributed by atoms with Crippen LogP contribution in [0.15, 0.2) is 36.5 Å². The van der Waals surface area contributed by atoms with Gasteiger partial charge in [0.05, 0.1) is 20.7 Å². The molecule has 0 bridgehead atoms. The van der Waals surface area contributed by atoms with Crippen molar-refractivity contribution >= 4 is 54.8 Å². The number of ether oxygens (including phenoxy) is 1. The van der Waals surface area contributed by atoms with Gasteiger partial charge >= 0.3 is 0 Å². The molecule has 1 aliphatic rings. The Morgan fingerprint density at radius 3 is 2.84 bits per heavy atom. The molecule has 5 rings (SSSR count). The number of likely N-dealkylation sites (tertiary alicyclic amines) is 1. The van der Waals surface area contributed by atoms with Gasteiger partial charge in [0.25, 0.3) is 11.8 Å². The topological polar surface area (TPSA) is 91.8 Å². The van der Waals surface area contributed by atoms with E-state index in [0.717, 1.165) is 26.1 Å². The Morgan fingerprint density at radius 2 is 2.09 bits per heavy atom. The van der Waals surface area contributed by atoms with Crippen LogP contribution < -0.4 is 10.1 Å². The van der Waals surface area contributed by atoms with Gasteiger partial charge in [-0.2, -0.15) is 0 Å². The molecule has 1 saturated heterocycles. The minimum absolute atomic E-state index is 0.0998. The van der Waals surface area contributed by atoms with Gasteiger partial charge in [-0.05, 0) is 44.0 Å². The van der Waals surface area contributed by atoms with E-state index in [4.69, 9.17) is 4.74 Å². The van der Waals surface area contributed by atoms with Crippen molar-refractivity contribution in [3.63, 3.8) is 0 Å². The lowest BCUT2D eigenvalue weighted by atomic mass is 10.1. The smallest absolute Gasteiger partial charge is 0.266 e. The first kappa shape index (κ1) is 20.9. The summed E-state index contributed by atoms with van der Waals surface area (Å²) in [6.45, 7) is 2.49. The van der Waals surface area contributed by atoms with E-state index >= 15 is 0 Å². The number of nitrogens with one attached hydrogen (secondary N) is 1. The summed E-state index contributed by atoms with van der Waals surface area (Å²) in [4.78, 5) is 32.4. The standard InChI is InChI=1S/C23H21N3O4S2/c1-12-20(22(28)24-2)14-6-5-13(10-17(14)31-12)30-16-7-8-25-15-11-18(32-21(15)16)23(29)26-9-3-4-19(26)27/h5-8,10-11,19,27H,3-4,9H2,1-2H3,(H,24,28)/t19-/m1/s1. The maximum absolute atomic E-state index is 12.8. The van der Waals surface area contributed by atoms with Gasteiger partial charge < -0.3 is 20.1 Å². The van der Waals surface area contributed by atoms with Gasteiger partial charge in [0.2, 0.25) is 0 Å². The molecule has 3 aromatic heterocycles. The zero-order chi connectivity index (χ0) is 22.4. The zero-order valence-corrected chi connectivity index (χ0v) is 19.2. The molecule has 7 nitrogen and oxygen atoms in total. The molecule has 0 spiro atoms. The maximum atomic E-state index is 12.8. The fourth-order valence-electron chi connectivity index (χ4n) is 4.02. The molecule has 4 heterocycles. The van der Waals surface area contributed by atoms with E-state index in [1.165, 1.54) is 16.2 Å². The molecule has 32 heavy (non-hydrogen) atoms. The van der Waals surface area contributed by atoms with Crippen molar-refractivity contribution in [2.75, 3.05) is 13.6 Å². The Kier molecular flexibility index (Phi) is 5.32. The minimum atomic E-state index is -0.725. The summed E-state index contributed by atoms with van der Waals surface area (Å²) < 4.78 is 7.92.